The maximum absolute atomic E-state index is 12.5. The van der Waals surface area contributed by atoms with Gasteiger partial charge in [-0.15, -0.1) is 0 Å². The van der Waals surface area contributed by atoms with Crippen LogP contribution in [0.1, 0.15) is 412 Å². The second-order valence-electron chi connectivity index (χ2n) is 25.6. The summed E-state index contributed by atoms with van der Waals surface area (Å²) in [6, 6.07) is -0.539. The second kappa shape index (κ2) is 71.6. The van der Waals surface area contributed by atoms with Crippen LogP contribution in [0.25, 0.3) is 0 Å². The standard InChI is InChI=1S/C76H145NO5/c1-3-5-7-9-11-13-15-17-18-19-40-43-46-50-54-58-62-66-70-76(81)82-71-67-63-59-55-51-47-44-41-38-36-34-32-30-28-26-24-22-20-21-23-25-27-29-31-33-35-37-39-42-45-49-53-57-61-65-69-75(80)77-73(72-78)74(79)68-64-60-56-52-48-16-14-12-10-8-6-4-2/h18-19,22,24,28,30,73-74,78-79H,3-17,20-21,23,25-27,29,31-72H2,1-2H3,(H,77,80)/b19-18-,24-22-,30-28-. The number of esters is 1. The molecule has 3 N–H and O–H groups in total. The molecule has 0 aliphatic carbocycles. The monoisotopic (exact) mass is 1150 g/mol. The maximum atomic E-state index is 12.5. The Bertz CT molecular complexity index is 1330. The van der Waals surface area contributed by atoms with Crippen LogP contribution in [0.3, 0.4) is 0 Å². The largest absolute Gasteiger partial charge is 0.466 e. The molecule has 6 nitrogen and oxygen atoms in total. The summed E-state index contributed by atoms with van der Waals surface area (Å²) in [5.41, 5.74) is 0. The van der Waals surface area contributed by atoms with Crippen LogP contribution in [0, 0.1) is 0 Å². The average Bonchev–Trinajstić information content (AvgIpc) is 3.48. The molecule has 0 fully saturated rings. The van der Waals surface area contributed by atoms with Gasteiger partial charge in [-0.25, -0.2) is 0 Å². The zero-order valence-corrected chi connectivity index (χ0v) is 55.5. The van der Waals surface area contributed by atoms with E-state index in [1.165, 1.54) is 327 Å². The molecule has 6 heteroatoms. The van der Waals surface area contributed by atoms with Gasteiger partial charge in [-0.1, -0.05) is 352 Å². The Kier molecular flexibility index (Phi) is 69.9. The van der Waals surface area contributed by atoms with E-state index < -0.39 is 12.1 Å². The fourth-order valence-corrected chi connectivity index (χ4v) is 11.7. The van der Waals surface area contributed by atoms with Gasteiger partial charge in [-0.2, -0.15) is 0 Å². The fraction of sp³-hybridized carbons (Fsp3) is 0.895. The first-order valence-electron chi connectivity index (χ1n) is 37.2. The van der Waals surface area contributed by atoms with Gasteiger partial charge in [0.05, 0.1) is 25.4 Å². The molecule has 0 aliphatic rings. The third-order valence-electron chi connectivity index (χ3n) is 17.4. The van der Waals surface area contributed by atoms with E-state index in [1.54, 1.807) is 0 Å². The lowest BCUT2D eigenvalue weighted by molar-refractivity contribution is -0.143. The van der Waals surface area contributed by atoms with Gasteiger partial charge in [-0.3, -0.25) is 9.59 Å². The van der Waals surface area contributed by atoms with Gasteiger partial charge in [0, 0.05) is 12.8 Å². The van der Waals surface area contributed by atoms with Crippen LogP contribution in [0.5, 0.6) is 0 Å². The van der Waals surface area contributed by atoms with E-state index in [1.807, 2.05) is 0 Å². The molecule has 484 valence electrons. The van der Waals surface area contributed by atoms with E-state index in [-0.39, 0.29) is 18.5 Å². The molecule has 0 bridgehead atoms. The average molecular weight is 1150 g/mol. The summed E-state index contributed by atoms with van der Waals surface area (Å²) >= 11 is 0. The van der Waals surface area contributed by atoms with E-state index in [2.05, 4.69) is 55.6 Å². The molecule has 0 saturated heterocycles. The molecule has 2 atom stereocenters. The third kappa shape index (κ3) is 67.2. The summed E-state index contributed by atoms with van der Waals surface area (Å²) < 4.78 is 5.51. The molecule has 0 heterocycles. The predicted octanol–water partition coefficient (Wildman–Crippen LogP) is 24.3. The summed E-state index contributed by atoms with van der Waals surface area (Å²) in [5, 5.41) is 23.3. The Balaban J connectivity index is 3.35. The highest BCUT2D eigenvalue weighted by molar-refractivity contribution is 5.76. The van der Waals surface area contributed by atoms with Crippen molar-refractivity contribution in [1.82, 2.24) is 5.32 Å². The zero-order valence-electron chi connectivity index (χ0n) is 55.5. The highest BCUT2D eigenvalue weighted by Gasteiger charge is 2.20. The van der Waals surface area contributed by atoms with Crippen molar-refractivity contribution < 1.29 is 24.5 Å². The van der Waals surface area contributed by atoms with E-state index in [9.17, 15) is 19.8 Å². The van der Waals surface area contributed by atoms with Crippen molar-refractivity contribution in [3.05, 3.63) is 36.5 Å². The molecule has 0 aromatic heterocycles. The van der Waals surface area contributed by atoms with Crippen LogP contribution in [0.15, 0.2) is 36.5 Å². The van der Waals surface area contributed by atoms with Crippen molar-refractivity contribution >= 4 is 11.9 Å². The van der Waals surface area contributed by atoms with Crippen molar-refractivity contribution in [2.45, 2.75) is 424 Å². The molecule has 0 saturated carbocycles. The number of rotatable bonds is 70. The third-order valence-corrected chi connectivity index (χ3v) is 17.4. The van der Waals surface area contributed by atoms with E-state index in [0.29, 0.717) is 25.9 Å². The van der Waals surface area contributed by atoms with Gasteiger partial charge in [0.1, 0.15) is 0 Å². The van der Waals surface area contributed by atoms with Crippen LogP contribution in [0.2, 0.25) is 0 Å². The van der Waals surface area contributed by atoms with Gasteiger partial charge in [0.15, 0.2) is 0 Å². The summed E-state index contributed by atoms with van der Waals surface area (Å²) in [5.74, 6) is -0.0169. The minimum atomic E-state index is -0.661. The highest BCUT2D eigenvalue weighted by Crippen LogP contribution is 2.19. The molecule has 82 heavy (non-hydrogen) atoms. The lowest BCUT2D eigenvalue weighted by Gasteiger charge is -2.22. The number of carbonyl (C=O) groups is 2. The van der Waals surface area contributed by atoms with Gasteiger partial charge < -0.3 is 20.3 Å². The number of unbranched alkanes of at least 4 members (excludes halogenated alkanes) is 53. The number of carbonyl (C=O) groups excluding carboxylic acids is 2. The van der Waals surface area contributed by atoms with Crippen molar-refractivity contribution in [2.75, 3.05) is 13.2 Å². The van der Waals surface area contributed by atoms with E-state index in [4.69, 9.17) is 4.74 Å². The summed E-state index contributed by atoms with van der Waals surface area (Å²) in [6.07, 6.45) is 92.2. The molecule has 0 aliphatic heterocycles. The Labute approximate surface area is 513 Å². The van der Waals surface area contributed by atoms with Gasteiger partial charge >= 0.3 is 5.97 Å². The zero-order chi connectivity index (χ0) is 59.2. The summed E-state index contributed by atoms with van der Waals surface area (Å²) in [7, 11) is 0. The first kappa shape index (κ1) is 80.1. The fourth-order valence-electron chi connectivity index (χ4n) is 11.7. The molecule has 2 unspecified atom stereocenters. The molecular formula is C76H145NO5. The Morgan fingerprint density at radius 2 is 0.610 bits per heavy atom. The summed E-state index contributed by atoms with van der Waals surface area (Å²) in [4.78, 5) is 24.6. The van der Waals surface area contributed by atoms with Crippen LogP contribution < -0.4 is 5.32 Å². The van der Waals surface area contributed by atoms with Crippen LogP contribution >= 0.6 is 0 Å². The van der Waals surface area contributed by atoms with Crippen LogP contribution in [-0.4, -0.2) is 47.4 Å². The van der Waals surface area contributed by atoms with Crippen molar-refractivity contribution in [2.24, 2.45) is 0 Å². The number of allylic oxidation sites excluding steroid dienone is 6. The SMILES string of the molecule is CCCCCCCCC/C=C\CCCCCCCCCC(=O)OCCCCCCCCCCCCC/C=C\C/C=C\CCCCCCCCCCCCCCCCCCCC(=O)NC(CO)C(O)CCCCCCCCCCCCCC. The number of aliphatic hydroxyl groups excluding tert-OH is 2. The van der Waals surface area contributed by atoms with Crippen molar-refractivity contribution in [3.63, 3.8) is 0 Å². The van der Waals surface area contributed by atoms with Crippen LogP contribution in [-0.2, 0) is 14.3 Å². The molecule has 0 spiro atoms. The Morgan fingerprint density at radius 3 is 0.939 bits per heavy atom. The lowest BCUT2D eigenvalue weighted by atomic mass is 10.0. The van der Waals surface area contributed by atoms with Crippen molar-refractivity contribution in [1.29, 1.82) is 0 Å². The van der Waals surface area contributed by atoms with Gasteiger partial charge in [-0.05, 0) is 83.5 Å². The predicted molar refractivity (Wildman–Crippen MR) is 361 cm³/mol. The topological polar surface area (TPSA) is 95.9 Å². The first-order chi connectivity index (χ1) is 40.5. The molecule has 0 aromatic rings. The maximum Gasteiger partial charge on any atom is 0.305 e. The van der Waals surface area contributed by atoms with E-state index in [0.717, 1.165) is 51.4 Å². The molecule has 0 radical (unpaired) electrons. The normalized spacial score (nSPS) is 12.7. The molecular weight excluding hydrogens is 1010 g/mol. The number of nitrogens with one attached hydrogen (secondary N) is 1. The number of amides is 1. The van der Waals surface area contributed by atoms with Crippen LogP contribution in [0.4, 0.5) is 0 Å². The number of aliphatic hydroxyl groups is 2. The van der Waals surface area contributed by atoms with Crippen molar-refractivity contribution in [3.8, 4) is 0 Å². The van der Waals surface area contributed by atoms with Gasteiger partial charge in [0.2, 0.25) is 5.91 Å². The molecule has 0 aromatic carbocycles. The Morgan fingerprint density at radius 1 is 0.341 bits per heavy atom. The summed E-state index contributed by atoms with van der Waals surface area (Å²) in [6.45, 7) is 4.97. The smallest absolute Gasteiger partial charge is 0.305 e. The number of hydrogen-bond acceptors (Lipinski definition) is 5. The minimum absolute atomic E-state index is 0.0144. The van der Waals surface area contributed by atoms with Gasteiger partial charge in [0.25, 0.3) is 0 Å². The Hall–Kier alpha value is -1.92. The van der Waals surface area contributed by atoms with E-state index >= 15 is 0 Å². The number of ether oxygens (including phenoxy) is 1. The molecule has 0 rings (SSSR count). The lowest BCUT2D eigenvalue weighted by Crippen LogP contribution is -2.45. The quantitative estimate of drug-likeness (QED) is 0.0320. The highest BCUT2D eigenvalue weighted by atomic mass is 16.5. The first-order valence-corrected chi connectivity index (χ1v) is 37.2. The molecule has 1 amide bonds. The minimum Gasteiger partial charge on any atom is -0.466 e. The second-order valence-corrected chi connectivity index (χ2v) is 25.6. The number of hydrogen-bond donors (Lipinski definition) is 3.